The Morgan fingerprint density at radius 2 is 1.88 bits per heavy atom. The summed E-state index contributed by atoms with van der Waals surface area (Å²) in [5, 5.41) is 4.00. The van der Waals surface area contributed by atoms with Crippen LogP contribution in [-0.2, 0) is 4.79 Å². The lowest BCUT2D eigenvalue weighted by Gasteiger charge is -2.31. The Labute approximate surface area is 157 Å². The van der Waals surface area contributed by atoms with Crippen LogP contribution in [0.3, 0.4) is 0 Å². The highest BCUT2D eigenvalue weighted by molar-refractivity contribution is 7.99. The molecule has 2 amide bonds. The van der Waals surface area contributed by atoms with Gasteiger partial charge in [-0.1, -0.05) is 17.8 Å². The van der Waals surface area contributed by atoms with Gasteiger partial charge in [0, 0.05) is 35.8 Å². The number of primary amides is 1. The van der Waals surface area contributed by atoms with Crippen molar-refractivity contribution in [2.24, 2.45) is 5.73 Å². The van der Waals surface area contributed by atoms with Crippen LogP contribution < -0.4 is 11.1 Å². The Morgan fingerprint density at radius 3 is 2.50 bits per heavy atom. The van der Waals surface area contributed by atoms with Crippen LogP contribution in [0.4, 0.5) is 0 Å². The third kappa shape index (κ3) is 5.31. The first-order valence-corrected chi connectivity index (χ1v) is 9.42. The average molecular weight is 370 g/mol. The molecule has 3 rings (SSSR count). The van der Waals surface area contributed by atoms with Gasteiger partial charge >= 0.3 is 0 Å². The fourth-order valence-corrected chi connectivity index (χ4v) is 3.70. The molecule has 1 fully saturated rings. The number of nitrogens with zero attached hydrogens (tertiary/aromatic N) is 2. The Balaban J connectivity index is 1.50. The van der Waals surface area contributed by atoms with Crippen LogP contribution in [0.25, 0.3) is 0 Å². The molecule has 2 aromatic rings. The lowest BCUT2D eigenvalue weighted by Crippen LogP contribution is -2.46. The summed E-state index contributed by atoms with van der Waals surface area (Å²) in [5.74, 6) is -0.371. The van der Waals surface area contributed by atoms with Gasteiger partial charge < -0.3 is 11.1 Å². The highest BCUT2D eigenvalue weighted by Gasteiger charge is 2.21. The topological polar surface area (TPSA) is 88.3 Å². The second-order valence-corrected chi connectivity index (χ2v) is 7.38. The maximum Gasteiger partial charge on any atom is 0.251 e. The zero-order valence-corrected chi connectivity index (χ0v) is 15.2. The van der Waals surface area contributed by atoms with E-state index in [1.165, 1.54) is 0 Å². The van der Waals surface area contributed by atoms with Gasteiger partial charge in [-0.15, -0.1) is 0 Å². The van der Waals surface area contributed by atoms with Crippen molar-refractivity contribution in [1.82, 2.24) is 15.2 Å². The zero-order chi connectivity index (χ0) is 18.4. The number of nitrogens with two attached hydrogens (primary N) is 1. The van der Waals surface area contributed by atoms with E-state index < -0.39 is 0 Å². The first-order valence-electron chi connectivity index (χ1n) is 8.60. The van der Waals surface area contributed by atoms with Gasteiger partial charge in [0.25, 0.3) is 5.91 Å². The minimum Gasteiger partial charge on any atom is -0.369 e. The zero-order valence-electron chi connectivity index (χ0n) is 14.4. The van der Waals surface area contributed by atoms with Crippen LogP contribution in [0, 0.1) is 0 Å². The Morgan fingerprint density at radius 1 is 1.15 bits per heavy atom. The maximum absolute atomic E-state index is 12.4. The molecule has 0 radical (unpaired) electrons. The lowest BCUT2D eigenvalue weighted by molar-refractivity contribution is -0.119. The van der Waals surface area contributed by atoms with Crippen LogP contribution in [-0.4, -0.2) is 47.4 Å². The van der Waals surface area contributed by atoms with Crippen molar-refractivity contribution in [3.8, 4) is 0 Å². The molecule has 1 saturated heterocycles. The van der Waals surface area contributed by atoms with E-state index >= 15 is 0 Å². The number of carbonyl (C=O) groups is 2. The summed E-state index contributed by atoms with van der Waals surface area (Å²) in [5.41, 5.74) is 5.87. The van der Waals surface area contributed by atoms with Crippen molar-refractivity contribution < 1.29 is 9.59 Å². The van der Waals surface area contributed by atoms with E-state index in [2.05, 4.69) is 10.3 Å². The van der Waals surface area contributed by atoms with Gasteiger partial charge in [0.1, 0.15) is 5.03 Å². The Bertz CT molecular complexity index is 744. The summed E-state index contributed by atoms with van der Waals surface area (Å²) in [4.78, 5) is 30.7. The third-order valence-electron chi connectivity index (χ3n) is 4.28. The van der Waals surface area contributed by atoms with Crippen molar-refractivity contribution in [3.63, 3.8) is 0 Å². The number of carbonyl (C=O) groups excluding carboxylic acids is 2. The Hall–Kier alpha value is -2.38. The number of amides is 2. The monoisotopic (exact) mass is 370 g/mol. The van der Waals surface area contributed by atoms with E-state index in [9.17, 15) is 9.59 Å². The second-order valence-electron chi connectivity index (χ2n) is 6.28. The van der Waals surface area contributed by atoms with Gasteiger partial charge in [-0.05, 0) is 49.2 Å². The van der Waals surface area contributed by atoms with Crippen molar-refractivity contribution in [2.45, 2.75) is 28.8 Å². The van der Waals surface area contributed by atoms with E-state index in [1.807, 2.05) is 47.4 Å². The number of pyridine rings is 1. The van der Waals surface area contributed by atoms with Crippen LogP contribution in [0.5, 0.6) is 0 Å². The summed E-state index contributed by atoms with van der Waals surface area (Å²) in [7, 11) is 0. The molecule has 0 unspecified atom stereocenters. The van der Waals surface area contributed by atoms with Gasteiger partial charge in [0.15, 0.2) is 0 Å². The number of likely N-dealkylation sites (tertiary alicyclic amines) is 1. The summed E-state index contributed by atoms with van der Waals surface area (Å²) < 4.78 is 0. The van der Waals surface area contributed by atoms with Crippen LogP contribution in [0.2, 0.25) is 0 Å². The molecular weight excluding hydrogens is 348 g/mol. The van der Waals surface area contributed by atoms with Gasteiger partial charge in [-0.3, -0.25) is 14.5 Å². The molecule has 1 aliphatic heterocycles. The predicted molar refractivity (Wildman–Crippen MR) is 101 cm³/mol. The number of aromatic nitrogens is 1. The molecule has 0 spiro atoms. The molecule has 26 heavy (non-hydrogen) atoms. The molecule has 7 heteroatoms. The van der Waals surface area contributed by atoms with Crippen molar-refractivity contribution in [1.29, 1.82) is 0 Å². The van der Waals surface area contributed by atoms with E-state index in [0.29, 0.717) is 5.56 Å². The number of rotatable bonds is 6. The van der Waals surface area contributed by atoms with E-state index in [-0.39, 0.29) is 24.4 Å². The summed E-state index contributed by atoms with van der Waals surface area (Å²) >= 11 is 1.56. The number of hydrogen-bond donors (Lipinski definition) is 2. The van der Waals surface area contributed by atoms with Crippen LogP contribution in [0.1, 0.15) is 23.2 Å². The number of piperidine rings is 1. The third-order valence-corrected chi connectivity index (χ3v) is 5.24. The first-order chi connectivity index (χ1) is 12.6. The van der Waals surface area contributed by atoms with Crippen molar-refractivity contribution in [3.05, 3.63) is 54.2 Å². The molecule has 136 valence electrons. The molecular formula is C19H22N4O2S. The van der Waals surface area contributed by atoms with E-state index in [0.717, 1.165) is 35.9 Å². The van der Waals surface area contributed by atoms with Crippen LogP contribution in [0.15, 0.2) is 58.6 Å². The number of hydrogen-bond acceptors (Lipinski definition) is 5. The fourth-order valence-electron chi connectivity index (χ4n) is 2.93. The van der Waals surface area contributed by atoms with E-state index in [1.54, 1.807) is 18.0 Å². The standard InChI is InChI=1S/C19H22N4O2S/c20-17(24)13-23-11-8-15(9-12-23)22-19(25)14-4-6-16(7-5-14)26-18-3-1-2-10-21-18/h1-7,10,15H,8-9,11-13H2,(H2,20,24)(H,22,25). The highest BCUT2D eigenvalue weighted by atomic mass is 32.2. The molecule has 0 aliphatic carbocycles. The molecule has 1 aromatic carbocycles. The van der Waals surface area contributed by atoms with Gasteiger partial charge in [0.05, 0.1) is 6.54 Å². The lowest BCUT2D eigenvalue weighted by atomic mass is 10.0. The Kier molecular flexibility index (Phi) is 6.25. The molecule has 1 aromatic heterocycles. The smallest absolute Gasteiger partial charge is 0.251 e. The SMILES string of the molecule is NC(=O)CN1CCC(NC(=O)c2ccc(Sc3ccccn3)cc2)CC1. The molecule has 2 heterocycles. The molecule has 0 atom stereocenters. The number of nitrogens with one attached hydrogen (secondary N) is 1. The van der Waals surface area contributed by atoms with Gasteiger partial charge in [-0.2, -0.15) is 0 Å². The molecule has 6 nitrogen and oxygen atoms in total. The normalized spacial score (nSPS) is 15.5. The first kappa shape index (κ1) is 18.4. The quantitative estimate of drug-likeness (QED) is 0.811. The van der Waals surface area contributed by atoms with Crippen LogP contribution >= 0.6 is 11.8 Å². The van der Waals surface area contributed by atoms with Gasteiger partial charge in [0.2, 0.25) is 5.91 Å². The predicted octanol–water partition coefficient (Wildman–Crippen LogP) is 1.91. The molecule has 0 bridgehead atoms. The minimum absolute atomic E-state index is 0.0623. The fraction of sp³-hybridized carbons (Fsp3) is 0.316. The largest absolute Gasteiger partial charge is 0.369 e. The number of benzene rings is 1. The minimum atomic E-state index is -0.309. The van der Waals surface area contributed by atoms with Gasteiger partial charge in [-0.25, -0.2) is 4.98 Å². The summed E-state index contributed by atoms with van der Waals surface area (Å²) in [6, 6.07) is 13.5. The van der Waals surface area contributed by atoms with Crippen molar-refractivity contribution in [2.75, 3.05) is 19.6 Å². The maximum atomic E-state index is 12.4. The molecule has 1 aliphatic rings. The molecule has 0 saturated carbocycles. The summed E-state index contributed by atoms with van der Waals surface area (Å²) in [6.45, 7) is 1.83. The molecule has 3 N–H and O–H groups in total. The van der Waals surface area contributed by atoms with Crippen molar-refractivity contribution >= 4 is 23.6 Å². The van der Waals surface area contributed by atoms with E-state index in [4.69, 9.17) is 5.73 Å². The second kappa shape index (κ2) is 8.82. The summed E-state index contributed by atoms with van der Waals surface area (Å²) in [6.07, 6.45) is 3.41. The average Bonchev–Trinajstić information content (AvgIpc) is 2.64. The highest BCUT2D eigenvalue weighted by Crippen LogP contribution is 2.25.